The van der Waals surface area contributed by atoms with E-state index in [1.165, 1.54) is 12.1 Å². The van der Waals surface area contributed by atoms with Crippen LogP contribution in [0.3, 0.4) is 0 Å². The molecule has 0 bridgehead atoms. The van der Waals surface area contributed by atoms with Gasteiger partial charge in [-0.3, -0.25) is 0 Å². The normalized spacial score (nSPS) is 19.5. The number of urea groups is 2. The summed E-state index contributed by atoms with van der Waals surface area (Å²) in [6.45, 7) is 4.28. The van der Waals surface area contributed by atoms with Gasteiger partial charge >= 0.3 is 12.1 Å². The van der Waals surface area contributed by atoms with Crippen molar-refractivity contribution in [2.75, 3.05) is 19.6 Å². The number of hydrogen-bond donors (Lipinski definition) is 4. The molecule has 144 valence electrons. The predicted molar refractivity (Wildman–Crippen MR) is 99.2 cm³/mol. The van der Waals surface area contributed by atoms with Crippen molar-refractivity contribution >= 4 is 12.1 Å². The molecule has 0 aromatic heterocycles. The molecular weight excluding hydrogens is 335 g/mol. The van der Waals surface area contributed by atoms with E-state index in [9.17, 15) is 14.0 Å². The van der Waals surface area contributed by atoms with Crippen molar-refractivity contribution in [3.63, 3.8) is 0 Å². The van der Waals surface area contributed by atoms with Gasteiger partial charge in [0, 0.05) is 26.2 Å². The Labute approximate surface area is 154 Å². The summed E-state index contributed by atoms with van der Waals surface area (Å²) < 4.78 is 12.8. The van der Waals surface area contributed by atoms with Gasteiger partial charge in [0.15, 0.2) is 0 Å². The molecule has 1 saturated carbocycles. The molecule has 0 spiro atoms. The number of rotatable bonds is 7. The van der Waals surface area contributed by atoms with Gasteiger partial charge in [-0.25, -0.2) is 14.0 Å². The molecule has 0 radical (unpaired) electrons. The minimum absolute atomic E-state index is 0.103. The summed E-state index contributed by atoms with van der Waals surface area (Å²) in [5.74, 6) is 0.712. The van der Waals surface area contributed by atoms with Gasteiger partial charge in [0.1, 0.15) is 5.82 Å². The fourth-order valence-electron chi connectivity index (χ4n) is 3.18. The van der Waals surface area contributed by atoms with E-state index in [0.717, 1.165) is 31.2 Å². The number of halogens is 1. The smallest absolute Gasteiger partial charge is 0.315 e. The summed E-state index contributed by atoms with van der Waals surface area (Å²) in [5.41, 5.74) is 0.863. The Morgan fingerprint density at radius 2 is 1.38 bits per heavy atom. The monoisotopic (exact) mass is 364 g/mol. The van der Waals surface area contributed by atoms with Gasteiger partial charge in [-0.2, -0.15) is 0 Å². The molecule has 1 aliphatic carbocycles. The zero-order valence-corrected chi connectivity index (χ0v) is 15.3. The Kier molecular flexibility index (Phi) is 8.18. The highest BCUT2D eigenvalue weighted by atomic mass is 19.1. The average molecular weight is 364 g/mol. The van der Waals surface area contributed by atoms with E-state index >= 15 is 0 Å². The molecule has 1 aromatic rings. The second-order valence-electron chi connectivity index (χ2n) is 6.82. The fraction of sp³-hybridized carbons (Fsp3) is 0.579. The van der Waals surface area contributed by atoms with Gasteiger partial charge in [0.05, 0.1) is 0 Å². The van der Waals surface area contributed by atoms with Crippen molar-refractivity contribution in [2.24, 2.45) is 11.8 Å². The van der Waals surface area contributed by atoms with Crippen LogP contribution in [0.2, 0.25) is 0 Å². The van der Waals surface area contributed by atoms with E-state index < -0.39 is 0 Å². The van der Waals surface area contributed by atoms with Gasteiger partial charge in [-0.05, 0) is 62.1 Å². The predicted octanol–water partition coefficient (Wildman–Crippen LogP) is 2.75. The van der Waals surface area contributed by atoms with E-state index in [0.29, 0.717) is 38.0 Å². The highest BCUT2D eigenvalue weighted by molar-refractivity contribution is 5.74. The minimum Gasteiger partial charge on any atom is -0.338 e. The Hall–Kier alpha value is -2.31. The first-order valence-corrected chi connectivity index (χ1v) is 9.34. The molecule has 4 N–H and O–H groups in total. The molecule has 4 amide bonds. The maximum absolute atomic E-state index is 12.8. The molecule has 0 aliphatic heterocycles. The van der Waals surface area contributed by atoms with Crippen molar-refractivity contribution in [3.8, 4) is 0 Å². The second-order valence-corrected chi connectivity index (χ2v) is 6.82. The van der Waals surface area contributed by atoms with Gasteiger partial charge in [-0.1, -0.05) is 12.1 Å². The Morgan fingerprint density at radius 1 is 0.885 bits per heavy atom. The third-order valence-corrected chi connectivity index (χ3v) is 4.77. The lowest BCUT2D eigenvalue weighted by Crippen LogP contribution is -2.40. The molecule has 26 heavy (non-hydrogen) atoms. The molecule has 1 aliphatic rings. The van der Waals surface area contributed by atoms with Crippen LogP contribution in [-0.4, -0.2) is 31.7 Å². The molecule has 7 heteroatoms. The third kappa shape index (κ3) is 7.29. The fourth-order valence-corrected chi connectivity index (χ4v) is 3.18. The lowest BCUT2D eigenvalue weighted by molar-refractivity contribution is 0.224. The number of amides is 4. The van der Waals surface area contributed by atoms with E-state index in [1.54, 1.807) is 12.1 Å². The molecule has 0 atom stereocenters. The zero-order chi connectivity index (χ0) is 18.8. The highest BCUT2D eigenvalue weighted by Crippen LogP contribution is 2.27. The van der Waals surface area contributed by atoms with Gasteiger partial charge in [0.25, 0.3) is 0 Å². The van der Waals surface area contributed by atoms with Gasteiger partial charge in [0.2, 0.25) is 0 Å². The second kappa shape index (κ2) is 10.6. The summed E-state index contributed by atoms with van der Waals surface area (Å²) in [6.07, 6.45) is 4.24. The van der Waals surface area contributed by atoms with E-state index in [-0.39, 0.29) is 17.9 Å². The molecular formula is C19H29FN4O2. The lowest BCUT2D eigenvalue weighted by Gasteiger charge is -2.28. The van der Waals surface area contributed by atoms with Gasteiger partial charge in [-0.15, -0.1) is 0 Å². The van der Waals surface area contributed by atoms with Crippen LogP contribution in [-0.2, 0) is 6.54 Å². The standard InChI is InChI=1S/C19H29FN4O2/c1-2-21-18(25)22-11-14-3-5-15(6-4-14)12-23-19(26)24-13-16-7-9-17(20)10-8-16/h7-10,14-15H,2-6,11-13H2,1H3,(H2,21,22,25)(H2,23,24,26). The highest BCUT2D eigenvalue weighted by Gasteiger charge is 2.21. The van der Waals surface area contributed by atoms with Crippen molar-refractivity contribution < 1.29 is 14.0 Å². The summed E-state index contributed by atoms with van der Waals surface area (Å²) in [7, 11) is 0. The molecule has 1 aromatic carbocycles. The van der Waals surface area contributed by atoms with Crippen LogP contribution in [0.4, 0.5) is 14.0 Å². The van der Waals surface area contributed by atoms with Crippen molar-refractivity contribution in [2.45, 2.75) is 39.2 Å². The topological polar surface area (TPSA) is 82.3 Å². The van der Waals surface area contributed by atoms with Crippen LogP contribution in [0.5, 0.6) is 0 Å². The summed E-state index contributed by atoms with van der Waals surface area (Å²) in [4.78, 5) is 23.3. The molecule has 6 nitrogen and oxygen atoms in total. The number of nitrogens with one attached hydrogen (secondary N) is 4. The van der Waals surface area contributed by atoms with Crippen LogP contribution in [0.25, 0.3) is 0 Å². The van der Waals surface area contributed by atoms with E-state index in [2.05, 4.69) is 21.3 Å². The van der Waals surface area contributed by atoms with Crippen LogP contribution < -0.4 is 21.3 Å². The zero-order valence-electron chi connectivity index (χ0n) is 15.3. The number of hydrogen-bond acceptors (Lipinski definition) is 2. The molecule has 1 fully saturated rings. The average Bonchev–Trinajstić information content (AvgIpc) is 2.65. The molecule has 0 unspecified atom stereocenters. The molecule has 2 rings (SSSR count). The summed E-state index contributed by atoms with van der Waals surface area (Å²) >= 11 is 0. The van der Waals surface area contributed by atoms with E-state index in [1.807, 2.05) is 6.92 Å². The number of benzene rings is 1. The van der Waals surface area contributed by atoms with Crippen LogP contribution in [0, 0.1) is 17.7 Å². The Bertz CT molecular complexity index is 571. The first-order valence-electron chi connectivity index (χ1n) is 9.34. The largest absolute Gasteiger partial charge is 0.338 e. The first-order chi connectivity index (χ1) is 12.6. The Morgan fingerprint density at radius 3 is 1.88 bits per heavy atom. The number of carbonyl (C=O) groups is 2. The van der Waals surface area contributed by atoms with Crippen molar-refractivity contribution in [3.05, 3.63) is 35.6 Å². The maximum atomic E-state index is 12.8. The van der Waals surface area contributed by atoms with E-state index in [4.69, 9.17) is 0 Å². The first kappa shape index (κ1) is 20.0. The molecule has 0 saturated heterocycles. The van der Waals surface area contributed by atoms with Crippen molar-refractivity contribution in [1.82, 2.24) is 21.3 Å². The summed E-state index contributed by atoms with van der Waals surface area (Å²) in [6, 6.07) is 5.78. The lowest BCUT2D eigenvalue weighted by atomic mass is 9.82. The number of carbonyl (C=O) groups excluding carboxylic acids is 2. The quantitative estimate of drug-likeness (QED) is 0.600. The van der Waals surface area contributed by atoms with Crippen molar-refractivity contribution in [1.29, 1.82) is 0 Å². The Balaban J connectivity index is 1.57. The minimum atomic E-state index is -0.282. The van der Waals surface area contributed by atoms with Crippen LogP contribution >= 0.6 is 0 Å². The van der Waals surface area contributed by atoms with Gasteiger partial charge < -0.3 is 21.3 Å². The van der Waals surface area contributed by atoms with Crippen LogP contribution in [0.15, 0.2) is 24.3 Å². The molecule has 0 heterocycles. The maximum Gasteiger partial charge on any atom is 0.315 e. The summed E-state index contributed by atoms with van der Waals surface area (Å²) in [5, 5.41) is 11.3. The SMILES string of the molecule is CCNC(=O)NCC1CCC(CNC(=O)NCc2ccc(F)cc2)CC1. The van der Waals surface area contributed by atoms with Crippen LogP contribution in [0.1, 0.15) is 38.2 Å². The third-order valence-electron chi connectivity index (χ3n) is 4.77.